The van der Waals surface area contributed by atoms with E-state index in [1.54, 1.807) is 0 Å². The third-order valence-corrected chi connectivity index (χ3v) is 6.28. The van der Waals surface area contributed by atoms with E-state index in [1.807, 2.05) is 111 Å². The highest BCUT2D eigenvalue weighted by molar-refractivity contribution is 5.71. The van der Waals surface area contributed by atoms with Crippen LogP contribution in [0, 0.1) is 0 Å². The maximum absolute atomic E-state index is 5.97. The molecule has 0 amide bonds. The van der Waals surface area contributed by atoms with Crippen LogP contribution in [-0.2, 0) is 0 Å². The summed E-state index contributed by atoms with van der Waals surface area (Å²) in [6.45, 7) is 4.99. The van der Waals surface area contributed by atoms with Crippen LogP contribution in [-0.4, -0.2) is 33.6 Å². The zero-order valence-corrected chi connectivity index (χ0v) is 22.1. The van der Waals surface area contributed by atoms with E-state index in [2.05, 4.69) is 20.4 Å². The van der Waals surface area contributed by atoms with Crippen LogP contribution in [0.1, 0.15) is 13.8 Å². The first-order valence-electron chi connectivity index (χ1n) is 13.1. The summed E-state index contributed by atoms with van der Waals surface area (Å²) in [5.41, 5.74) is 5.30. The number of hydrogen-bond donors (Lipinski definition) is 0. The Morgan fingerprint density at radius 2 is 0.800 bits per heavy atom. The standard InChI is InChI=1S/C32H26N4O4/c1-3-37-27-11-7-5-9-25(27)31-35-33-29(39-31)23-17-13-21(14-18-23)22-15-19-24(20-16-22)30-34-36-32(40-30)26-10-6-8-12-28(26)38-4-2/h5-20H,3-4H2,1-2H3. The van der Waals surface area contributed by atoms with E-state index in [1.165, 1.54) is 0 Å². The highest BCUT2D eigenvalue weighted by Gasteiger charge is 2.16. The van der Waals surface area contributed by atoms with Crippen LogP contribution in [0.3, 0.4) is 0 Å². The second kappa shape index (κ2) is 11.2. The maximum atomic E-state index is 5.97. The molecule has 0 fully saturated rings. The lowest BCUT2D eigenvalue weighted by atomic mass is 10.0. The van der Waals surface area contributed by atoms with Crippen molar-refractivity contribution in [3.63, 3.8) is 0 Å². The molecule has 6 aromatic rings. The zero-order chi connectivity index (χ0) is 27.3. The Labute approximate surface area is 231 Å². The zero-order valence-electron chi connectivity index (χ0n) is 22.1. The topological polar surface area (TPSA) is 96.3 Å². The minimum Gasteiger partial charge on any atom is -0.493 e. The van der Waals surface area contributed by atoms with Gasteiger partial charge in [-0.25, -0.2) is 0 Å². The van der Waals surface area contributed by atoms with Crippen molar-refractivity contribution in [2.45, 2.75) is 13.8 Å². The SMILES string of the molecule is CCOc1ccccc1-c1nnc(-c2ccc(-c3ccc(-c4nnc(-c5ccccc5OCC)o4)cc3)cc2)o1. The quantitative estimate of drug-likeness (QED) is 0.189. The lowest BCUT2D eigenvalue weighted by molar-refractivity contribution is 0.340. The number of para-hydroxylation sites is 2. The van der Waals surface area contributed by atoms with Gasteiger partial charge in [-0.05, 0) is 73.5 Å². The second-order valence-electron chi connectivity index (χ2n) is 8.84. The lowest BCUT2D eigenvalue weighted by Gasteiger charge is -2.06. The van der Waals surface area contributed by atoms with E-state index < -0.39 is 0 Å². The van der Waals surface area contributed by atoms with Gasteiger partial charge in [-0.2, -0.15) is 0 Å². The van der Waals surface area contributed by atoms with Gasteiger partial charge in [-0.3, -0.25) is 0 Å². The minimum atomic E-state index is 0.421. The van der Waals surface area contributed by atoms with E-state index in [0.717, 1.165) is 33.4 Å². The third kappa shape index (κ3) is 5.07. The average molecular weight is 531 g/mol. The summed E-state index contributed by atoms with van der Waals surface area (Å²) in [6.07, 6.45) is 0. The Morgan fingerprint density at radius 1 is 0.450 bits per heavy atom. The molecular weight excluding hydrogens is 504 g/mol. The maximum Gasteiger partial charge on any atom is 0.251 e. The molecule has 8 nitrogen and oxygen atoms in total. The van der Waals surface area contributed by atoms with Crippen molar-refractivity contribution in [2.24, 2.45) is 0 Å². The third-order valence-electron chi connectivity index (χ3n) is 6.28. The van der Waals surface area contributed by atoms with Crippen LogP contribution in [0.15, 0.2) is 106 Å². The molecule has 40 heavy (non-hydrogen) atoms. The molecule has 2 aromatic heterocycles. The number of benzene rings is 4. The van der Waals surface area contributed by atoms with E-state index >= 15 is 0 Å². The first-order valence-corrected chi connectivity index (χ1v) is 13.1. The Balaban J connectivity index is 1.19. The second-order valence-corrected chi connectivity index (χ2v) is 8.84. The van der Waals surface area contributed by atoms with Crippen LogP contribution in [0.2, 0.25) is 0 Å². The van der Waals surface area contributed by atoms with Gasteiger partial charge in [0.15, 0.2) is 0 Å². The van der Waals surface area contributed by atoms with Gasteiger partial charge in [0, 0.05) is 11.1 Å². The van der Waals surface area contributed by atoms with Crippen LogP contribution in [0.25, 0.3) is 56.9 Å². The molecule has 0 N–H and O–H groups in total. The summed E-state index contributed by atoms with van der Waals surface area (Å²) in [6, 6.07) is 31.2. The van der Waals surface area contributed by atoms with Crippen LogP contribution >= 0.6 is 0 Å². The summed E-state index contributed by atoms with van der Waals surface area (Å²) >= 11 is 0. The monoisotopic (exact) mass is 530 g/mol. The van der Waals surface area contributed by atoms with Crippen molar-refractivity contribution in [1.82, 2.24) is 20.4 Å². The molecule has 0 saturated heterocycles. The van der Waals surface area contributed by atoms with Gasteiger partial charge < -0.3 is 18.3 Å². The first kappa shape index (κ1) is 25.1. The first-order chi connectivity index (χ1) is 19.7. The average Bonchev–Trinajstić information content (AvgIpc) is 3.70. The molecule has 6 rings (SSSR count). The normalized spacial score (nSPS) is 10.9. The molecule has 4 aromatic carbocycles. The summed E-state index contributed by atoms with van der Waals surface area (Å²) in [7, 11) is 0. The highest BCUT2D eigenvalue weighted by Crippen LogP contribution is 2.33. The Morgan fingerprint density at radius 3 is 1.20 bits per heavy atom. The molecule has 0 unspecified atom stereocenters. The fourth-order valence-electron chi connectivity index (χ4n) is 4.36. The minimum absolute atomic E-state index is 0.421. The number of aromatic nitrogens is 4. The molecule has 0 radical (unpaired) electrons. The predicted molar refractivity (Wildman–Crippen MR) is 152 cm³/mol. The number of ether oxygens (including phenoxy) is 2. The fraction of sp³-hybridized carbons (Fsp3) is 0.125. The van der Waals surface area contributed by atoms with E-state index in [-0.39, 0.29) is 0 Å². The van der Waals surface area contributed by atoms with Gasteiger partial charge in [-0.15, -0.1) is 20.4 Å². The van der Waals surface area contributed by atoms with Gasteiger partial charge in [0.2, 0.25) is 11.8 Å². The molecule has 8 heteroatoms. The number of nitrogens with zero attached hydrogens (tertiary/aromatic N) is 4. The van der Waals surface area contributed by atoms with Crippen molar-refractivity contribution in [1.29, 1.82) is 0 Å². The van der Waals surface area contributed by atoms with Crippen molar-refractivity contribution in [3.05, 3.63) is 97.1 Å². The number of rotatable bonds is 9. The molecule has 0 bridgehead atoms. The van der Waals surface area contributed by atoms with Crippen LogP contribution in [0.4, 0.5) is 0 Å². The summed E-state index contributed by atoms with van der Waals surface area (Å²) in [5, 5.41) is 17.0. The Bertz CT molecular complexity index is 1590. The molecule has 0 spiro atoms. The van der Waals surface area contributed by atoms with E-state index in [4.69, 9.17) is 18.3 Å². The largest absolute Gasteiger partial charge is 0.493 e. The summed E-state index contributed by atoms with van der Waals surface area (Å²) in [4.78, 5) is 0. The lowest BCUT2D eigenvalue weighted by Crippen LogP contribution is -1.93. The summed E-state index contributed by atoms with van der Waals surface area (Å²) in [5.74, 6) is 3.16. The van der Waals surface area contributed by atoms with Crippen molar-refractivity contribution < 1.29 is 18.3 Å². The molecule has 0 saturated carbocycles. The molecule has 0 aliphatic heterocycles. The molecule has 0 atom stereocenters. The molecule has 2 heterocycles. The van der Waals surface area contributed by atoms with Crippen molar-refractivity contribution in [3.8, 4) is 68.4 Å². The van der Waals surface area contributed by atoms with E-state index in [0.29, 0.717) is 48.3 Å². The summed E-state index contributed by atoms with van der Waals surface area (Å²) < 4.78 is 23.3. The molecule has 198 valence electrons. The molecule has 0 aliphatic carbocycles. The Kier molecular flexibility index (Phi) is 7.05. The Hall–Kier alpha value is -5.24. The van der Waals surface area contributed by atoms with Crippen LogP contribution < -0.4 is 9.47 Å². The number of hydrogen-bond acceptors (Lipinski definition) is 8. The van der Waals surface area contributed by atoms with Gasteiger partial charge in [0.1, 0.15) is 11.5 Å². The smallest absolute Gasteiger partial charge is 0.251 e. The van der Waals surface area contributed by atoms with Gasteiger partial charge in [0.05, 0.1) is 24.3 Å². The van der Waals surface area contributed by atoms with E-state index in [9.17, 15) is 0 Å². The van der Waals surface area contributed by atoms with Crippen molar-refractivity contribution >= 4 is 0 Å². The van der Waals surface area contributed by atoms with Gasteiger partial charge in [-0.1, -0.05) is 48.5 Å². The molecular formula is C32H26N4O4. The highest BCUT2D eigenvalue weighted by atomic mass is 16.5. The van der Waals surface area contributed by atoms with Crippen molar-refractivity contribution in [2.75, 3.05) is 13.2 Å². The van der Waals surface area contributed by atoms with Gasteiger partial charge >= 0.3 is 0 Å². The van der Waals surface area contributed by atoms with Crippen LogP contribution in [0.5, 0.6) is 11.5 Å². The van der Waals surface area contributed by atoms with Gasteiger partial charge in [0.25, 0.3) is 11.8 Å². The predicted octanol–water partition coefficient (Wildman–Crippen LogP) is 7.59. The fourth-order valence-corrected chi connectivity index (χ4v) is 4.36. The molecule has 0 aliphatic rings.